The van der Waals surface area contributed by atoms with Crippen LogP contribution in [0.2, 0.25) is 0 Å². The van der Waals surface area contributed by atoms with E-state index in [0.717, 1.165) is 16.7 Å². The van der Waals surface area contributed by atoms with E-state index < -0.39 is 0 Å². The topological polar surface area (TPSA) is 51.8 Å². The SMILES string of the molecule is Cc1[c-]cc(-c2cncnc2N)cc1.[B].[W]. The molecular formula is C11H10BN3W-. The third kappa shape index (κ3) is 3.17. The summed E-state index contributed by atoms with van der Waals surface area (Å²) in [6.07, 6.45) is 3.15. The summed E-state index contributed by atoms with van der Waals surface area (Å²) in [5.41, 5.74) is 8.67. The monoisotopic (exact) mass is 379 g/mol. The van der Waals surface area contributed by atoms with Crippen LogP contribution >= 0.6 is 0 Å². The minimum atomic E-state index is 0. The predicted octanol–water partition coefficient (Wildman–Crippen LogP) is 1.45. The molecule has 0 saturated heterocycles. The van der Waals surface area contributed by atoms with E-state index in [9.17, 15) is 0 Å². The molecule has 1 aromatic heterocycles. The van der Waals surface area contributed by atoms with Gasteiger partial charge in [-0.15, -0.1) is 5.56 Å². The maximum absolute atomic E-state index is 5.73. The van der Waals surface area contributed by atoms with Gasteiger partial charge in [0, 0.05) is 35.7 Å². The third-order valence-corrected chi connectivity index (χ3v) is 2.02. The van der Waals surface area contributed by atoms with Gasteiger partial charge in [0.05, 0.1) is 0 Å². The van der Waals surface area contributed by atoms with Crippen molar-refractivity contribution >= 4 is 14.2 Å². The Hall–Kier alpha value is -1.15. The summed E-state index contributed by atoms with van der Waals surface area (Å²) in [4.78, 5) is 7.87. The van der Waals surface area contributed by atoms with Crippen LogP contribution in [0.25, 0.3) is 11.1 Å². The van der Waals surface area contributed by atoms with E-state index in [4.69, 9.17) is 5.73 Å². The van der Waals surface area contributed by atoms with E-state index in [1.54, 1.807) is 6.20 Å². The van der Waals surface area contributed by atoms with Crippen molar-refractivity contribution in [2.75, 3.05) is 5.73 Å². The first-order valence-electron chi connectivity index (χ1n) is 4.31. The molecule has 0 atom stereocenters. The number of nitrogens with zero attached hydrogens (tertiary/aromatic N) is 2. The van der Waals surface area contributed by atoms with E-state index in [1.807, 2.05) is 25.1 Å². The summed E-state index contributed by atoms with van der Waals surface area (Å²) in [5, 5.41) is 0. The first-order chi connectivity index (χ1) is 6.77. The largest absolute Gasteiger partial charge is 0.384 e. The molecule has 0 amide bonds. The van der Waals surface area contributed by atoms with E-state index >= 15 is 0 Å². The van der Waals surface area contributed by atoms with Gasteiger partial charge in [0.2, 0.25) is 0 Å². The summed E-state index contributed by atoms with van der Waals surface area (Å²) >= 11 is 0. The zero-order valence-electron chi connectivity index (χ0n) is 8.84. The molecule has 16 heavy (non-hydrogen) atoms. The first kappa shape index (κ1) is 14.9. The first-order valence-corrected chi connectivity index (χ1v) is 4.31. The Bertz CT molecular complexity index is 445. The van der Waals surface area contributed by atoms with Crippen molar-refractivity contribution in [3.8, 4) is 11.1 Å². The van der Waals surface area contributed by atoms with Crippen molar-refractivity contribution in [3.05, 3.63) is 42.4 Å². The van der Waals surface area contributed by atoms with Gasteiger partial charge in [0.15, 0.2) is 0 Å². The Morgan fingerprint density at radius 2 is 2.06 bits per heavy atom. The summed E-state index contributed by atoms with van der Waals surface area (Å²) in [5.74, 6) is 0.497. The molecule has 0 bridgehead atoms. The van der Waals surface area contributed by atoms with Gasteiger partial charge in [-0.05, 0) is 5.56 Å². The molecule has 3 nitrogen and oxygen atoms in total. The van der Waals surface area contributed by atoms with E-state index in [0.29, 0.717) is 5.82 Å². The summed E-state index contributed by atoms with van der Waals surface area (Å²) in [6.45, 7) is 1.99. The number of benzene rings is 1. The van der Waals surface area contributed by atoms with Gasteiger partial charge in [-0.25, -0.2) is 9.97 Å². The van der Waals surface area contributed by atoms with Crippen LogP contribution in [0.1, 0.15) is 5.56 Å². The van der Waals surface area contributed by atoms with Gasteiger partial charge in [-0.3, -0.25) is 0 Å². The number of nitrogens with two attached hydrogens (primary N) is 1. The fourth-order valence-corrected chi connectivity index (χ4v) is 1.23. The second kappa shape index (κ2) is 6.44. The molecule has 3 radical (unpaired) electrons. The maximum atomic E-state index is 5.73. The summed E-state index contributed by atoms with van der Waals surface area (Å²) < 4.78 is 0. The second-order valence-corrected chi connectivity index (χ2v) is 3.08. The van der Waals surface area contributed by atoms with Crippen molar-refractivity contribution in [1.29, 1.82) is 0 Å². The van der Waals surface area contributed by atoms with Gasteiger partial charge in [0.25, 0.3) is 0 Å². The molecule has 1 aromatic carbocycles. The number of hydrogen-bond donors (Lipinski definition) is 1. The van der Waals surface area contributed by atoms with Crippen LogP contribution in [0.15, 0.2) is 30.7 Å². The molecule has 0 spiro atoms. The third-order valence-electron chi connectivity index (χ3n) is 2.02. The fourth-order valence-electron chi connectivity index (χ4n) is 1.23. The van der Waals surface area contributed by atoms with Crippen LogP contribution < -0.4 is 5.73 Å². The smallest absolute Gasteiger partial charge is 0.122 e. The molecule has 79 valence electrons. The Labute approximate surface area is 111 Å². The van der Waals surface area contributed by atoms with Crippen LogP contribution in [-0.4, -0.2) is 18.4 Å². The van der Waals surface area contributed by atoms with Crippen molar-refractivity contribution < 1.29 is 21.1 Å². The van der Waals surface area contributed by atoms with Gasteiger partial charge in [-0.2, -0.15) is 29.8 Å². The summed E-state index contributed by atoms with van der Waals surface area (Å²) in [7, 11) is 0. The van der Waals surface area contributed by atoms with Gasteiger partial charge >= 0.3 is 0 Å². The van der Waals surface area contributed by atoms with E-state index in [1.165, 1.54) is 6.33 Å². The molecule has 1 heterocycles. The number of aryl methyl sites for hydroxylation is 1. The molecule has 0 unspecified atom stereocenters. The van der Waals surface area contributed by atoms with Gasteiger partial charge in [-0.1, -0.05) is 6.92 Å². The number of rotatable bonds is 1. The minimum Gasteiger partial charge on any atom is -0.384 e. The Morgan fingerprint density at radius 1 is 1.31 bits per heavy atom. The van der Waals surface area contributed by atoms with Crippen LogP contribution in [0.5, 0.6) is 0 Å². The number of anilines is 1. The zero-order chi connectivity index (χ0) is 9.97. The number of hydrogen-bond acceptors (Lipinski definition) is 3. The molecule has 2 rings (SSSR count). The number of nitrogen functional groups attached to an aromatic ring is 1. The Kier molecular flexibility index (Phi) is 5.98. The van der Waals surface area contributed by atoms with Crippen LogP contribution in [-0.2, 0) is 21.1 Å². The number of aromatic nitrogens is 2. The average molecular weight is 379 g/mol. The minimum absolute atomic E-state index is 0. The fraction of sp³-hybridized carbons (Fsp3) is 0.0909. The normalized spacial score (nSPS) is 8.81. The molecule has 2 aromatic rings. The van der Waals surface area contributed by atoms with Crippen molar-refractivity contribution in [1.82, 2.24) is 9.97 Å². The molecule has 0 fully saturated rings. The Balaban J connectivity index is 0.00000112. The van der Waals surface area contributed by atoms with Crippen molar-refractivity contribution in [2.45, 2.75) is 6.92 Å². The average Bonchev–Trinajstić information content (AvgIpc) is 2.20. The summed E-state index contributed by atoms with van der Waals surface area (Å²) in [6, 6.07) is 8.98. The zero-order valence-corrected chi connectivity index (χ0v) is 11.8. The van der Waals surface area contributed by atoms with Crippen molar-refractivity contribution in [2.24, 2.45) is 0 Å². The standard InChI is InChI=1S/C11H10N3.B.W/c1-8-2-4-9(5-3-8)10-6-13-7-14-11(10)12;;/h2,4-7H,1H3,(H2,12,13,14);;/q-1;;. The second-order valence-electron chi connectivity index (χ2n) is 3.08. The molecule has 0 aliphatic heterocycles. The quantitative estimate of drug-likeness (QED) is 0.603. The predicted molar refractivity (Wildman–Crippen MR) is 61.2 cm³/mol. The van der Waals surface area contributed by atoms with E-state index in [-0.39, 0.29) is 29.5 Å². The van der Waals surface area contributed by atoms with Crippen LogP contribution in [0, 0.1) is 13.0 Å². The van der Waals surface area contributed by atoms with Gasteiger partial charge in [0.1, 0.15) is 12.1 Å². The molecular weight excluding hydrogens is 369 g/mol. The van der Waals surface area contributed by atoms with Crippen molar-refractivity contribution in [3.63, 3.8) is 0 Å². The van der Waals surface area contributed by atoms with E-state index in [2.05, 4.69) is 16.0 Å². The van der Waals surface area contributed by atoms with Crippen LogP contribution in [0.3, 0.4) is 0 Å². The van der Waals surface area contributed by atoms with Crippen LogP contribution in [0.4, 0.5) is 5.82 Å². The maximum Gasteiger partial charge on any atom is 0.122 e. The Morgan fingerprint density at radius 3 is 2.62 bits per heavy atom. The molecule has 0 aliphatic rings. The molecule has 0 aliphatic carbocycles. The van der Waals surface area contributed by atoms with Gasteiger partial charge < -0.3 is 5.73 Å². The molecule has 0 saturated carbocycles. The molecule has 2 N–H and O–H groups in total. The molecule has 5 heteroatoms.